The van der Waals surface area contributed by atoms with Gasteiger partial charge in [-0.15, -0.1) is 0 Å². The molecule has 0 heteroatoms. The molecule has 0 aliphatic carbocycles. The second-order valence-electron chi connectivity index (χ2n) is 4.41. The number of benzene rings is 2. The zero-order valence-corrected chi connectivity index (χ0v) is 11.6. The van der Waals surface area contributed by atoms with Crippen molar-refractivity contribution in [2.45, 2.75) is 0 Å². The van der Waals surface area contributed by atoms with Crippen LogP contribution in [0.4, 0.5) is 0 Å². The smallest absolute Gasteiger partial charge is 0.00990 e. The minimum Gasteiger partial charge on any atom is -0.0991 e. The molecule has 0 amide bonds. The summed E-state index contributed by atoms with van der Waals surface area (Å²) in [4.78, 5) is 0. The third-order valence-electron chi connectivity index (χ3n) is 3.39. The average Bonchev–Trinajstić information content (AvgIpc) is 2.50. The zero-order valence-electron chi connectivity index (χ0n) is 11.6. The molecule has 0 heterocycles. The molecule has 0 N–H and O–H groups in total. The highest BCUT2D eigenvalue weighted by Crippen LogP contribution is 2.33. The summed E-state index contributed by atoms with van der Waals surface area (Å²) in [5.74, 6) is 0. The second-order valence-corrected chi connectivity index (χ2v) is 4.41. The van der Waals surface area contributed by atoms with E-state index in [0.717, 1.165) is 22.3 Å². The summed E-state index contributed by atoms with van der Waals surface area (Å²) >= 11 is 0. The number of hydrogen-bond acceptors (Lipinski definition) is 0. The van der Waals surface area contributed by atoms with Gasteiger partial charge in [0.05, 0.1) is 0 Å². The van der Waals surface area contributed by atoms with E-state index in [1.54, 1.807) is 6.08 Å². The van der Waals surface area contributed by atoms with Gasteiger partial charge in [0, 0.05) is 0 Å². The van der Waals surface area contributed by atoms with Crippen molar-refractivity contribution >= 4 is 35.1 Å². The Labute approximate surface area is 120 Å². The Morgan fingerprint density at radius 3 is 1.65 bits per heavy atom. The summed E-state index contributed by atoms with van der Waals surface area (Å²) in [6.45, 7) is 15.6. The largest absolute Gasteiger partial charge is 0.0991 e. The zero-order chi connectivity index (χ0) is 14.5. The molecule has 0 radical (unpaired) electrons. The van der Waals surface area contributed by atoms with Crippen molar-refractivity contribution in [2.24, 2.45) is 0 Å². The first-order valence-corrected chi connectivity index (χ1v) is 6.53. The molecular weight excluding hydrogens is 240 g/mol. The van der Waals surface area contributed by atoms with E-state index in [-0.39, 0.29) is 0 Å². The van der Waals surface area contributed by atoms with Crippen molar-refractivity contribution in [3.8, 4) is 0 Å². The predicted octanol–water partition coefficient (Wildman–Crippen LogP) is 5.97. The molecule has 0 saturated heterocycles. The highest BCUT2D eigenvalue weighted by Gasteiger charge is 2.12. The SMILES string of the molecule is C=C/C=C\c1c(C=C)c(C=C)c(C=C)c2ccccc12. The third kappa shape index (κ3) is 2.17. The lowest BCUT2D eigenvalue weighted by Crippen LogP contribution is -1.94. The van der Waals surface area contributed by atoms with Gasteiger partial charge in [-0.1, -0.05) is 87.0 Å². The summed E-state index contributed by atoms with van der Waals surface area (Å²) in [5, 5.41) is 2.35. The van der Waals surface area contributed by atoms with Crippen LogP contribution in [0.5, 0.6) is 0 Å². The van der Waals surface area contributed by atoms with Crippen molar-refractivity contribution in [1.82, 2.24) is 0 Å². The van der Waals surface area contributed by atoms with Crippen LogP contribution >= 0.6 is 0 Å². The quantitative estimate of drug-likeness (QED) is 0.580. The maximum Gasteiger partial charge on any atom is -0.00990 e. The van der Waals surface area contributed by atoms with Gasteiger partial charge < -0.3 is 0 Å². The Bertz CT molecular complexity index is 727. The molecule has 0 saturated carbocycles. The van der Waals surface area contributed by atoms with E-state index in [0.29, 0.717) is 0 Å². The highest BCUT2D eigenvalue weighted by molar-refractivity contribution is 6.02. The van der Waals surface area contributed by atoms with Gasteiger partial charge in [0.25, 0.3) is 0 Å². The topological polar surface area (TPSA) is 0 Å². The van der Waals surface area contributed by atoms with E-state index in [9.17, 15) is 0 Å². The lowest BCUT2D eigenvalue weighted by molar-refractivity contribution is 1.60. The van der Waals surface area contributed by atoms with Gasteiger partial charge in [0.15, 0.2) is 0 Å². The van der Waals surface area contributed by atoms with Crippen molar-refractivity contribution in [3.63, 3.8) is 0 Å². The van der Waals surface area contributed by atoms with E-state index in [1.807, 2.05) is 36.4 Å². The van der Waals surface area contributed by atoms with Gasteiger partial charge in [-0.25, -0.2) is 0 Å². The molecule has 0 nitrogen and oxygen atoms in total. The van der Waals surface area contributed by atoms with Gasteiger partial charge in [-0.05, 0) is 33.0 Å². The minimum atomic E-state index is 1.07. The Morgan fingerprint density at radius 2 is 1.15 bits per heavy atom. The highest BCUT2D eigenvalue weighted by atomic mass is 14.2. The molecule has 0 aliphatic heterocycles. The maximum atomic E-state index is 3.95. The van der Waals surface area contributed by atoms with Gasteiger partial charge in [-0.2, -0.15) is 0 Å². The van der Waals surface area contributed by atoms with Crippen LogP contribution in [0.15, 0.2) is 62.7 Å². The molecule has 0 unspecified atom stereocenters. The first kappa shape index (κ1) is 13.8. The van der Waals surface area contributed by atoms with Gasteiger partial charge in [0.1, 0.15) is 0 Å². The monoisotopic (exact) mass is 258 g/mol. The lowest BCUT2D eigenvalue weighted by atomic mass is 9.88. The Balaban J connectivity index is 3.05. The molecule has 0 aromatic heterocycles. The van der Waals surface area contributed by atoms with Crippen LogP contribution in [0.25, 0.3) is 35.1 Å². The summed E-state index contributed by atoms with van der Waals surface area (Å²) in [7, 11) is 0. The van der Waals surface area contributed by atoms with Gasteiger partial charge in [0.2, 0.25) is 0 Å². The molecule has 0 bridgehead atoms. The molecule has 0 fully saturated rings. The fourth-order valence-corrected chi connectivity index (χ4v) is 2.54. The fourth-order valence-electron chi connectivity index (χ4n) is 2.54. The van der Waals surface area contributed by atoms with Crippen LogP contribution in [0, 0.1) is 0 Å². The van der Waals surface area contributed by atoms with Crippen LogP contribution in [0.1, 0.15) is 22.3 Å². The van der Waals surface area contributed by atoms with E-state index < -0.39 is 0 Å². The number of hydrogen-bond donors (Lipinski definition) is 0. The lowest BCUT2D eigenvalue weighted by Gasteiger charge is -2.15. The molecule has 0 aliphatic rings. The average molecular weight is 258 g/mol. The molecule has 2 aromatic rings. The number of allylic oxidation sites excluding steroid dienone is 2. The molecule has 0 atom stereocenters. The summed E-state index contributed by atoms with van der Waals surface area (Å²) < 4.78 is 0. The van der Waals surface area contributed by atoms with Gasteiger partial charge >= 0.3 is 0 Å². The van der Waals surface area contributed by atoms with Crippen molar-refractivity contribution in [2.75, 3.05) is 0 Å². The Morgan fingerprint density at radius 1 is 0.650 bits per heavy atom. The van der Waals surface area contributed by atoms with E-state index in [2.05, 4.69) is 44.5 Å². The van der Waals surface area contributed by atoms with E-state index in [1.165, 1.54) is 10.8 Å². The molecular formula is C20H18. The summed E-state index contributed by atoms with van der Waals surface area (Å²) in [6, 6.07) is 8.31. The van der Waals surface area contributed by atoms with E-state index >= 15 is 0 Å². The van der Waals surface area contributed by atoms with Crippen LogP contribution in [0.2, 0.25) is 0 Å². The number of rotatable bonds is 5. The van der Waals surface area contributed by atoms with Crippen LogP contribution < -0.4 is 0 Å². The second kappa shape index (κ2) is 6.03. The molecule has 0 spiro atoms. The molecule has 20 heavy (non-hydrogen) atoms. The standard InChI is InChI=1S/C20H18/c1-5-9-12-18-16(7-3)15(6-2)17(8-4)19-13-10-11-14-20(18)19/h5-14H,1-4H2/b12-9-. The molecule has 2 rings (SSSR count). The minimum absolute atomic E-state index is 1.07. The Hall–Kier alpha value is -2.60. The first-order valence-electron chi connectivity index (χ1n) is 6.53. The summed E-state index contributed by atoms with van der Waals surface area (Å²) in [6.07, 6.45) is 11.4. The van der Waals surface area contributed by atoms with Crippen LogP contribution in [0.3, 0.4) is 0 Å². The van der Waals surface area contributed by atoms with Crippen LogP contribution in [-0.2, 0) is 0 Å². The van der Waals surface area contributed by atoms with Crippen molar-refractivity contribution in [1.29, 1.82) is 0 Å². The maximum absolute atomic E-state index is 3.95. The normalized spacial score (nSPS) is 10.6. The molecule has 2 aromatic carbocycles. The fraction of sp³-hybridized carbons (Fsp3) is 0. The van der Waals surface area contributed by atoms with Crippen LogP contribution in [-0.4, -0.2) is 0 Å². The van der Waals surface area contributed by atoms with Crippen molar-refractivity contribution in [3.05, 3.63) is 85.0 Å². The third-order valence-corrected chi connectivity index (χ3v) is 3.39. The van der Waals surface area contributed by atoms with Gasteiger partial charge in [-0.3, -0.25) is 0 Å². The van der Waals surface area contributed by atoms with Crippen molar-refractivity contribution < 1.29 is 0 Å². The Kier molecular flexibility index (Phi) is 4.17. The number of fused-ring (bicyclic) bond motifs is 1. The predicted molar refractivity (Wildman–Crippen MR) is 93.5 cm³/mol. The summed E-state index contributed by atoms with van der Waals surface area (Å²) in [5.41, 5.74) is 4.38. The molecule has 98 valence electrons. The van der Waals surface area contributed by atoms with E-state index in [4.69, 9.17) is 0 Å². The first-order chi connectivity index (χ1) is 9.78.